The molecule has 1 heterocycles. The molecule has 3 nitrogen and oxygen atoms in total. The van der Waals surface area contributed by atoms with Crippen LogP contribution in [0.15, 0.2) is 12.1 Å². The van der Waals surface area contributed by atoms with E-state index in [-0.39, 0.29) is 6.04 Å². The van der Waals surface area contributed by atoms with E-state index in [1.54, 1.807) is 6.07 Å². The molecule has 0 aliphatic rings. The lowest BCUT2D eigenvalue weighted by Crippen LogP contribution is -2.20. The van der Waals surface area contributed by atoms with Crippen LogP contribution in [0.25, 0.3) is 0 Å². The van der Waals surface area contributed by atoms with E-state index in [2.05, 4.69) is 4.98 Å². The van der Waals surface area contributed by atoms with Crippen molar-refractivity contribution in [1.29, 1.82) is 0 Å². The number of rotatable bonds is 2. The largest absolute Gasteiger partial charge is 0.329 e. The first-order valence-electron chi connectivity index (χ1n) is 3.73. The second kappa shape index (κ2) is 3.85. The van der Waals surface area contributed by atoms with Crippen molar-refractivity contribution in [2.45, 2.75) is 13.0 Å². The van der Waals surface area contributed by atoms with Crippen LogP contribution in [0.2, 0.25) is 5.15 Å². The van der Waals surface area contributed by atoms with Gasteiger partial charge in [0.15, 0.2) is 0 Å². The van der Waals surface area contributed by atoms with Crippen LogP contribution in [-0.4, -0.2) is 11.5 Å². The van der Waals surface area contributed by atoms with Crippen molar-refractivity contribution in [2.24, 2.45) is 11.5 Å². The molecule has 1 aromatic heterocycles. The molecule has 0 spiro atoms. The van der Waals surface area contributed by atoms with Crippen molar-refractivity contribution in [1.82, 2.24) is 4.98 Å². The molecule has 12 heavy (non-hydrogen) atoms. The van der Waals surface area contributed by atoms with E-state index in [9.17, 15) is 0 Å². The molecule has 0 aliphatic carbocycles. The van der Waals surface area contributed by atoms with Gasteiger partial charge in [0.25, 0.3) is 0 Å². The molecule has 1 rings (SSSR count). The Morgan fingerprint density at radius 3 is 2.75 bits per heavy atom. The second-order valence-electron chi connectivity index (χ2n) is 2.71. The van der Waals surface area contributed by atoms with E-state index < -0.39 is 0 Å². The first-order chi connectivity index (χ1) is 5.63. The van der Waals surface area contributed by atoms with Gasteiger partial charge in [0.1, 0.15) is 5.15 Å². The normalized spacial score (nSPS) is 13.0. The number of halogens is 1. The zero-order chi connectivity index (χ0) is 9.14. The third-order valence-electron chi connectivity index (χ3n) is 1.63. The van der Waals surface area contributed by atoms with Crippen LogP contribution >= 0.6 is 11.6 Å². The van der Waals surface area contributed by atoms with Gasteiger partial charge < -0.3 is 11.5 Å². The van der Waals surface area contributed by atoms with E-state index in [0.29, 0.717) is 11.7 Å². The molecule has 0 radical (unpaired) electrons. The molecular formula is C8H12ClN3. The fraction of sp³-hybridized carbons (Fsp3) is 0.375. The Hall–Kier alpha value is -0.640. The van der Waals surface area contributed by atoms with Gasteiger partial charge in [0.05, 0.1) is 0 Å². The quantitative estimate of drug-likeness (QED) is 0.676. The molecule has 4 heteroatoms. The van der Waals surface area contributed by atoms with E-state index in [0.717, 1.165) is 11.3 Å². The molecule has 0 saturated carbocycles. The second-order valence-corrected chi connectivity index (χ2v) is 3.09. The van der Waals surface area contributed by atoms with Crippen LogP contribution in [0, 0.1) is 6.92 Å². The summed E-state index contributed by atoms with van der Waals surface area (Å²) in [5, 5.41) is 0.467. The lowest BCUT2D eigenvalue weighted by molar-refractivity contribution is 0.734. The lowest BCUT2D eigenvalue weighted by Gasteiger charge is -2.09. The number of aryl methyl sites for hydroxylation is 1. The Morgan fingerprint density at radius 2 is 2.25 bits per heavy atom. The van der Waals surface area contributed by atoms with Crippen LogP contribution in [0.3, 0.4) is 0 Å². The minimum Gasteiger partial charge on any atom is -0.329 e. The third kappa shape index (κ3) is 2.17. The summed E-state index contributed by atoms with van der Waals surface area (Å²) in [4.78, 5) is 4.02. The number of pyridine rings is 1. The van der Waals surface area contributed by atoms with Gasteiger partial charge in [-0.2, -0.15) is 0 Å². The average Bonchev–Trinajstić information content (AvgIpc) is 2.01. The Morgan fingerprint density at radius 1 is 1.58 bits per heavy atom. The Balaban J connectivity index is 3.00. The maximum Gasteiger partial charge on any atom is 0.129 e. The zero-order valence-corrected chi connectivity index (χ0v) is 7.67. The van der Waals surface area contributed by atoms with Crippen molar-refractivity contribution in [2.75, 3.05) is 6.54 Å². The van der Waals surface area contributed by atoms with Crippen LogP contribution in [0.1, 0.15) is 17.3 Å². The van der Waals surface area contributed by atoms with E-state index >= 15 is 0 Å². The van der Waals surface area contributed by atoms with Crippen LogP contribution < -0.4 is 11.5 Å². The summed E-state index contributed by atoms with van der Waals surface area (Å²) in [5.74, 6) is 0. The monoisotopic (exact) mass is 185 g/mol. The topological polar surface area (TPSA) is 64.9 Å². The molecular weight excluding hydrogens is 174 g/mol. The molecule has 0 amide bonds. The molecule has 0 saturated heterocycles. The summed E-state index contributed by atoms with van der Waals surface area (Å²) in [6.07, 6.45) is 0. The predicted molar refractivity (Wildman–Crippen MR) is 50.0 cm³/mol. The average molecular weight is 186 g/mol. The van der Waals surface area contributed by atoms with Crippen LogP contribution in [0.4, 0.5) is 0 Å². The first kappa shape index (κ1) is 9.45. The Labute approximate surface area is 76.7 Å². The summed E-state index contributed by atoms with van der Waals surface area (Å²) < 4.78 is 0. The van der Waals surface area contributed by atoms with Crippen LogP contribution in [-0.2, 0) is 0 Å². The van der Waals surface area contributed by atoms with Gasteiger partial charge in [0, 0.05) is 18.3 Å². The Bertz CT molecular complexity index is 255. The lowest BCUT2D eigenvalue weighted by atomic mass is 10.1. The molecule has 0 aromatic carbocycles. The van der Waals surface area contributed by atoms with Gasteiger partial charge in [-0.25, -0.2) is 4.98 Å². The molecule has 4 N–H and O–H groups in total. The first-order valence-corrected chi connectivity index (χ1v) is 4.11. The number of nitrogens with zero attached hydrogens (tertiary/aromatic N) is 1. The van der Waals surface area contributed by atoms with Crippen molar-refractivity contribution < 1.29 is 0 Å². The van der Waals surface area contributed by atoms with Crippen molar-refractivity contribution in [3.63, 3.8) is 0 Å². The van der Waals surface area contributed by atoms with Crippen molar-refractivity contribution >= 4 is 11.6 Å². The zero-order valence-electron chi connectivity index (χ0n) is 6.92. The molecule has 0 fully saturated rings. The summed E-state index contributed by atoms with van der Waals surface area (Å²) in [7, 11) is 0. The fourth-order valence-electron chi connectivity index (χ4n) is 1.00. The maximum atomic E-state index is 5.74. The number of hydrogen-bond acceptors (Lipinski definition) is 3. The number of nitrogens with two attached hydrogens (primary N) is 2. The number of hydrogen-bond donors (Lipinski definition) is 2. The third-order valence-corrected chi connectivity index (χ3v) is 1.82. The van der Waals surface area contributed by atoms with E-state index in [1.807, 2.05) is 13.0 Å². The molecule has 1 aromatic rings. The van der Waals surface area contributed by atoms with Crippen molar-refractivity contribution in [3.8, 4) is 0 Å². The van der Waals surface area contributed by atoms with Gasteiger partial charge in [0.2, 0.25) is 0 Å². The van der Waals surface area contributed by atoms with Crippen molar-refractivity contribution in [3.05, 3.63) is 28.5 Å². The highest BCUT2D eigenvalue weighted by Crippen LogP contribution is 2.14. The van der Waals surface area contributed by atoms with E-state index in [1.165, 1.54) is 0 Å². The maximum absolute atomic E-state index is 5.74. The summed E-state index contributed by atoms with van der Waals surface area (Å²) in [6, 6.07) is 3.49. The fourth-order valence-corrected chi connectivity index (χ4v) is 1.26. The molecule has 1 atom stereocenters. The summed E-state index contributed by atoms with van der Waals surface area (Å²) >= 11 is 5.74. The van der Waals surface area contributed by atoms with Crippen LogP contribution in [0.5, 0.6) is 0 Å². The van der Waals surface area contributed by atoms with Gasteiger partial charge in [-0.05, 0) is 24.6 Å². The molecule has 0 aliphatic heterocycles. The van der Waals surface area contributed by atoms with Gasteiger partial charge >= 0.3 is 0 Å². The van der Waals surface area contributed by atoms with Gasteiger partial charge in [-0.1, -0.05) is 11.6 Å². The molecule has 66 valence electrons. The Kier molecular flexibility index (Phi) is 3.03. The molecule has 1 unspecified atom stereocenters. The number of aromatic nitrogens is 1. The summed E-state index contributed by atoms with van der Waals surface area (Å²) in [6.45, 7) is 2.29. The molecule has 0 bridgehead atoms. The summed E-state index contributed by atoms with van der Waals surface area (Å²) in [5.41, 5.74) is 12.9. The van der Waals surface area contributed by atoms with Gasteiger partial charge in [-0.3, -0.25) is 0 Å². The minimum atomic E-state index is -0.149. The SMILES string of the molecule is Cc1cc(C(N)CN)cc(Cl)n1. The highest BCUT2D eigenvalue weighted by molar-refractivity contribution is 6.29. The van der Waals surface area contributed by atoms with Gasteiger partial charge in [-0.15, -0.1) is 0 Å². The van der Waals surface area contributed by atoms with E-state index in [4.69, 9.17) is 23.1 Å². The highest BCUT2D eigenvalue weighted by Gasteiger charge is 2.05. The highest BCUT2D eigenvalue weighted by atomic mass is 35.5. The standard InChI is InChI=1S/C8H12ClN3/c1-5-2-6(7(11)4-10)3-8(9)12-5/h2-3,7H,4,10-11H2,1H3. The predicted octanol–water partition coefficient (Wildman–Crippen LogP) is 1.00. The smallest absolute Gasteiger partial charge is 0.129 e. The minimum absolute atomic E-state index is 0.149.